The normalized spacial score (nSPS) is 10.3. The second kappa shape index (κ2) is 10.3. The molecule has 0 fully saturated rings. The van der Waals surface area contributed by atoms with E-state index < -0.39 is 11.9 Å². The molecule has 1 N–H and O–H groups in total. The summed E-state index contributed by atoms with van der Waals surface area (Å²) in [5.74, 6) is -0.726. The lowest BCUT2D eigenvalue weighted by Gasteiger charge is -2.14. The van der Waals surface area contributed by atoms with E-state index in [4.69, 9.17) is 14.7 Å². The fraction of sp³-hybridized carbons (Fsp3) is 0.158. The van der Waals surface area contributed by atoms with E-state index in [1.807, 2.05) is 0 Å². The smallest absolute Gasteiger partial charge is 0.254 e. The summed E-state index contributed by atoms with van der Waals surface area (Å²) in [6.07, 6.45) is 1.16. The van der Waals surface area contributed by atoms with Crippen LogP contribution in [0.1, 0.15) is 27.9 Å². The first-order chi connectivity index (χ1) is 13.4. The summed E-state index contributed by atoms with van der Waals surface area (Å²) in [4.78, 5) is 22.0. The van der Waals surface area contributed by atoms with Gasteiger partial charge in [0.25, 0.3) is 5.91 Å². The number of carbonyl (C=O) groups is 2. The highest BCUT2D eigenvalue weighted by molar-refractivity contribution is 14.1. The van der Waals surface area contributed by atoms with E-state index >= 15 is 0 Å². The summed E-state index contributed by atoms with van der Waals surface area (Å²) in [6.45, 7) is 0.220. The number of methoxy groups -OCH3 is 1. The fourth-order valence-electron chi connectivity index (χ4n) is 2.14. The van der Waals surface area contributed by atoms with Crippen LogP contribution in [0.15, 0.2) is 41.5 Å². The van der Waals surface area contributed by atoms with E-state index in [1.54, 1.807) is 30.3 Å². The Labute approximate surface area is 174 Å². The highest BCUT2D eigenvalue weighted by atomic mass is 127. The van der Waals surface area contributed by atoms with E-state index in [-0.39, 0.29) is 18.6 Å². The zero-order valence-corrected chi connectivity index (χ0v) is 16.9. The first-order valence-electron chi connectivity index (χ1n) is 7.94. The molecule has 0 aliphatic rings. The number of aromatic carboxylic acids is 1. The number of carboxylic acid groups (broad SMARTS) is 1. The zero-order chi connectivity index (χ0) is 20.5. The lowest BCUT2D eigenvalue weighted by Crippen LogP contribution is -2.22. The maximum Gasteiger partial charge on any atom is 0.254 e. The predicted octanol–water partition coefficient (Wildman–Crippen LogP) is 1.61. The van der Waals surface area contributed by atoms with Crippen molar-refractivity contribution >= 4 is 40.7 Å². The molecule has 2 aromatic carbocycles. The molecule has 0 unspecified atom stereocenters. The molecule has 2 rings (SSSR count). The molecule has 0 aromatic heterocycles. The van der Waals surface area contributed by atoms with Gasteiger partial charge in [0.1, 0.15) is 13.0 Å². The molecule has 9 heteroatoms. The maximum absolute atomic E-state index is 11.2. The standard InChI is InChI=1S/C19H16IN3O5/c1-27-16-9-13(10-22-23-17(24)6-7-21)8-15(20)18(16)28-11-12-2-4-14(5-3-12)19(25)26/h2-5,8-10H,6,11H2,1H3,(H,23,24)(H,25,26)/p-1/b22-10-. The molecule has 0 saturated heterocycles. The summed E-state index contributed by atoms with van der Waals surface area (Å²) in [6, 6.07) is 11.4. The average molecular weight is 492 g/mol. The number of nitrogens with zero attached hydrogens (tertiary/aromatic N) is 2. The Balaban J connectivity index is 2.10. The van der Waals surface area contributed by atoms with Crippen molar-refractivity contribution in [2.45, 2.75) is 13.0 Å². The quantitative estimate of drug-likeness (QED) is 0.339. The van der Waals surface area contributed by atoms with Gasteiger partial charge >= 0.3 is 0 Å². The molecule has 2 aromatic rings. The van der Waals surface area contributed by atoms with Crippen LogP contribution in [0.2, 0.25) is 0 Å². The summed E-state index contributed by atoms with van der Waals surface area (Å²) >= 11 is 2.09. The number of hydrogen-bond acceptors (Lipinski definition) is 7. The summed E-state index contributed by atoms with van der Waals surface area (Å²) in [5, 5.41) is 23.0. The minimum atomic E-state index is -1.23. The summed E-state index contributed by atoms with van der Waals surface area (Å²) in [5.41, 5.74) is 3.80. The van der Waals surface area contributed by atoms with Crippen LogP contribution in [0, 0.1) is 14.9 Å². The largest absolute Gasteiger partial charge is 0.545 e. The van der Waals surface area contributed by atoms with Gasteiger partial charge in [0.15, 0.2) is 11.5 Å². The first-order valence-corrected chi connectivity index (χ1v) is 9.02. The van der Waals surface area contributed by atoms with E-state index in [1.165, 1.54) is 25.5 Å². The Morgan fingerprint density at radius 2 is 2.04 bits per heavy atom. The number of benzene rings is 2. The lowest BCUT2D eigenvalue weighted by molar-refractivity contribution is -0.255. The number of hydrogen-bond donors (Lipinski definition) is 1. The van der Waals surface area contributed by atoms with Gasteiger partial charge in [-0.1, -0.05) is 24.3 Å². The molecule has 0 spiro atoms. The van der Waals surface area contributed by atoms with Crippen LogP contribution in [0.25, 0.3) is 0 Å². The van der Waals surface area contributed by atoms with Crippen molar-refractivity contribution in [3.05, 3.63) is 56.7 Å². The zero-order valence-electron chi connectivity index (χ0n) is 14.8. The highest BCUT2D eigenvalue weighted by Gasteiger charge is 2.11. The number of hydrazone groups is 1. The minimum Gasteiger partial charge on any atom is -0.545 e. The Hall–Kier alpha value is -3.13. The second-order valence-corrected chi connectivity index (χ2v) is 6.60. The Morgan fingerprint density at radius 1 is 1.32 bits per heavy atom. The lowest BCUT2D eigenvalue weighted by atomic mass is 10.1. The van der Waals surface area contributed by atoms with Gasteiger partial charge in [0.05, 0.1) is 28.9 Å². The number of nitrogens with one attached hydrogen (secondary N) is 1. The molecule has 0 aliphatic carbocycles. The van der Waals surface area contributed by atoms with E-state index in [2.05, 4.69) is 33.1 Å². The van der Waals surface area contributed by atoms with Crippen molar-refractivity contribution in [3.63, 3.8) is 0 Å². The second-order valence-electron chi connectivity index (χ2n) is 5.44. The first kappa shape index (κ1) is 21.2. The number of rotatable bonds is 8. The van der Waals surface area contributed by atoms with Gasteiger partial charge in [0, 0.05) is 0 Å². The van der Waals surface area contributed by atoms with E-state index in [0.29, 0.717) is 17.1 Å². The van der Waals surface area contributed by atoms with Gasteiger partial charge < -0.3 is 19.4 Å². The molecular formula is C19H15IN3O5-. The molecule has 28 heavy (non-hydrogen) atoms. The molecule has 0 bridgehead atoms. The van der Waals surface area contributed by atoms with Crippen LogP contribution in [-0.2, 0) is 11.4 Å². The van der Waals surface area contributed by atoms with Crippen LogP contribution in [0.5, 0.6) is 11.5 Å². The molecule has 144 valence electrons. The van der Waals surface area contributed by atoms with Crippen molar-refractivity contribution in [1.82, 2.24) is 5.43 Å². The van der Waals surface area contributed by atoms with Crippen molar-refractivity contribution in [2.24, 2.45) is 5.10 Å². The summed E-state index contributed by atoms with van der Waals surface area (Å²) < 4.78 is 12.0. The van der Waals surface area contributed by atoms with E-state index in [0.717, 1.165) is 9.13 Å². The van der Waals surface area contributed by atoms with Crippen LogP contribution in [-0.4, -0.2) is 25.2 Å². The molecule has 8 nitrogen and oxygen atoms in total. The molecule has 0 aliphatic heterocycles. The van der Waals surface area contributed by atoms with Gasteiger partial charge in [-0.3, -0.25) is 4.79 Å². The molecular weight excluding hydrogens is 477 g/mol. The van der Waals surface area contributed by atoms with Crippen molar-refractivity contribution in [2.75, 3.05) is 7.11 Å². The molecule has 0 atom stereocenters. The number of halogens is 1. The van der Waals surface area contributed by atoms with Gasteiger partial charge in [0.2, 0.25) is 0 Å². The fourth-order valence-corrected chi connectivity index (χ4v) is 2.92. The Morgan fingerprint density at radius 3 is 2.64 bits per heavy atom. The van der Waals surface area contributed by atoms with Crippen LogP contribution >= 0.6 is 22.6 Å². The SMILES string of the molecule is COc1cc(/C=N\NC(=O)CC#N)cc(I)c1OCc1ccc(C(=O)[O-])cc1. The van der Waals surface area contributed by atoms with Crippen LogP contribution in [0.3, 0.4) is 0 Å². The van der Waals surface area contributed by atoms with E-state index in [9.17, 15) is 14.7 Å². The third-order valence-electron chi connectivity index (χ3n) is 3.47. The van der Waals surface area contributed by atoms with Gasteiger partial charge in [-0.2, -0.15) is 10.4 Å². The number of carbonyl (C=O) groups excluding carboxylic acids is 2. The number of ether oxygens (including phenoxy) is 2. The number of amides is 1. The average Bonchev–Trinajstić information content (AvgIpc) is 2.67. The minimum absolute atomic E-state index is 0.0985. The van der Waals surface area contributed by atoms with Crippen LogP contribution in [0.4, 0.5) is 0 Å². The van der Waals surface area contributed by atoms with Gasteiger partial charge in [-0.05, 0) is 51.4 Å². The molecule has 1 amide bonds. The third kappa shape index (κ3) is 5.95. The number of nitriles is 1. The van der Waals surface area contributed by atoms with Crippen LogP contribution < -0.4 is 20.0 Å². The molecule has 0 heterocycles. The summed E-state index contributed by atoms with van der Waals surface area (Å²) in [7, 11) is 1.50. The molecule has 0 saturated carbocycles. The predicted molar refractivity (Wildman–Crippen MR) is 107 cm³/mol. The highest BCUT2D eigenvalue weighted by Crippen LogP contribution is 2.34. The van der Waals surface area contributed by atoms with Gasteiger partial charge in [-0.25, -0.2) is 5.43 Å². The monoisotopic (exact) mass is 492 g/mol. The van der Waals surface area contributed by atoms with Crippen molar-refractivity contribution in [1.29, 1.82) is 5.26 Å². The number of carboxylic acids is 1. The van der Waals surface area contributed by atoms with Crippen molar-refractivity contribution in [3.8, 4) is 17.6 Å². The molecule has 0 radical (unpaired) electrons. The maximum atomic E-state index is 11.2. The Bertz CT molecular complexity index is 936. The van der Waals surface area contributed by atoms with Crippen molar-refractivity contribution < 1.29 is 24.2 Å². The third-order valence-corrected chi connectivity index (χ3v) is 4.27. The van der Waals surface area contributed by atoms with Gasteiger partial charge in [-0.15, -0.1) is 0 Å². The Kier molecular flexibility index (Phi) is 7.76. The topological polar surface area (TPSA) is 124 Å².